The van der Waals surface area contributed by atoms with E-state index >= 15 is 0 Å². The number of carbonyl (C=O) groups excluding carboxylic acids is 1. The van der Waals surface area contributed by atoms with E-state index in [9.17, 15) is 4.79 Å². The summed E-state index contributed by atoms with van der Waals surface area (Å²) in [5.41, 5.74) is 0. The number of carbonyl (C=O) groups is 1. The highest BCUT2D eigenvalue weighted by molar-refractivity contribution is 5.78. The van der Waals surface area contributed by atoms with E-state index in [0.29, 0.717) is 12.6 Å². The van der Waals surface area contributed by atoms with Crippen molar-refractivity contribution < 1.29 is 4.79 Å². The van der Waals surface area contributed by atoms with E-state index < -0.39 is 0 Å². The van der Waals surface area contributed by atoms with Crippen molar-refractivity contribution in [2.24, 2.45) is 0 Å². The first-order valence-electron chi connectivity index (χ1n) is 6.80. The molecule has 1 heterocycles. The summed E-state index contributed by atoms with van der Waals surface area (Å²) in [5, 5.41) is 6.10. The summed E-state index contributed by atoms with van der Waals surface area (Å²) in [7, 11) is 2.20. The molecule has 2 N–H and O–H groups in total. The number of nitrogens with zero attached hydrogens (tertiary/aromatic N) is 1. The highest BCUT2D eigenvalue weighted by Gasteiger charge is 2.17. The van der Waals surface area contributed by atoms with Crippen molar-refractivity contribution in [3.8, 4) is 0 Å². The summed E-state index contributed by atoms with van der Waals surface area (Å²) in [6, 6.07) is 0.929. The van der Waals surface area contributed by atoms with E-state index in [2.05, 4.69) is 22.6 Å². The molecule has 0 aromatic heterocycles. The molecule has 1 fully saturated rings. The van der Waals surface area contributed by atoms with Crippen molar-refractivity contribution in [2.45, 2.75) is 51.6 Å². The minimum atomic E-state index is 0.0944. The number of rotatable bonds is 6. The van der Waals surface area contributed by atoms with Crippen LogP contribution in [-0.4, -0.2) is 49.6 Å². The van der Waals surface area contributed by atoms with Crippen molar-refractivity contribution in [1.29, 1.82) is 0 Å². The molecule has 0 aliphatic carbocycles. The van der Waals surface area contributed by atoms with Gasteiger partial charge in [0, 0.05) is 12.1 Å². The lowest BCUT2D eigenvalue weighted by atomic mass is 10.0. The number of likely N-dealkylation sites (tertiary alicyclic amines) is 1. The van der Waals surface area contributed by atoms with Gasteiger partial charge in [0.1, 0.15) is 0 Å². The molecule has 0 aromatic carbocycles. The minimum Gasteiger partial charge on any atom is -0.353 e. The Morgan fingerprint density at radius 1 is 1.41 bits per heavy atom. The summed E-state index contributed by atoms with van der Waals surface area (Å²) in [4.78, 5) is 13.8. The highest BCUT2D eigenvalue weighted by Crippen LogP contribution is 2.16. The molecule has 0 radical (unpaired) electrons. The van der Waals surface area contributed by atoms with Crippen LogP contribution in [0.4, 0.5) is 0 Å². The summed E-state index contributed by atoms with van der Waals surface area (Å²) < 4.78 is 0. The van der Waals surface area contributed by atoms with Crippen LogP contribution >= 0.6 is 0 Å². The molecule has 17 heavy (non-hydrogen) atoms. The number of nitrogens with one attached hydrogen (secondary N) is 2. The van der Waals surface area contributed by atoms with Crippen LogP contribution in [0.3, 0.4) is 0 Å². The third kappa shape index (κ3) is 6.03. The van der Waals surface area contributed by atoms with Gasteiger partial charge in [0.2, 0.25) is 5.91 Å². The van der Waals surface area contributed by atoms with Crippen molar-refractivity contribution in [3.63, 3.8) is 0 Å². The zero-order valence-electron chi connectivity index (χ0n) is 11.5. The van der Waals surface area contributed by atoms with Crippen LogP contribution in [0.25, 0.3) is 0 Å². The second kappa shape index (κ2) is 7.67. The Morgan fingerprint density at radius 3 is 2.82 bits per heavy atom. The van der Waals surface area contributed by atoms with Gasteiger partial charge >= 0.3 is 0 Å². The maximum absolute atomic E-state index is 11.4. The van der Waals surface area contributed by atoms with Crippen LogP contribution in [0.1, 0.15) is 39.5 Å². The van der Waals surface area contributed by atoms with Gasteiger partial charge in [-0.15, -0.1) is 0 Å². The maximum atomic E-state index is 11.4. The van der Waals surface area contributed by atoms with E-state index in [1.54, 1.807) is 0 Å². The molecule has 0 bridgehead atoms. The second-order valence-corrected chi connectivity index (χ2v) is 5.32. The predicted octanol–water partition coefficient (Wildman–Crippen LogP) is 0.975. The third-order valence-corrected chi connectivity index (χ3v) is 3.31. The van der Waals surface area contributed by atoms with Gasteiger partial charge in [-0.3, -0.25) is 4.79 Å². The van der Waals surface area contributed by atoms with Gasteiger partial charge in [-0.2, -0.15) is 0 Å². The van der Waals surface area contributed by atoms with E-state index in [1.165, 1.54) is 25.8 Å². The van der Waals surface area contributed by atoms with Crippen LogP contribution in [0, 0.1) is 0 Å². The number of hydrogen-bond donors (Lipinski definition) is 2. The smallest absolute Gasteiger partial charge is 0.234 e. The standard InChI is InChI=1S/C13H27N3O/c1-11(2)15-13(17)10-14-8-7-12-6-4-5-9-16(12)3/h11-12,14H,4-10H2,1-3H3,(H,15,17). The Labute approximate surface area is 105 Å². The van der Waals surface area contributed by atoms with E-state index in [1.807, 2.05) is 13.8 Å². The van der Waals surface area contributed by atoms with E-state index in [4.69, 9.17) is 0 Å². The number of amides is 1. The zero-order valence-corrected chi connectivity index (χ0v) is 11.5. The van der Waals surface area contributed by atoms with Crippen molar-refractivity contribution in [1.82, 2.24) is 15.5 Å². The molecular weight excluding hydrogens is 214 g/mol. The van der Waals surface area contributed by atoms with Crippen LogP contribution < -0.4 is 10.6 Å². The van der Waals surface area contributed by atoms with Crippen molar-refractivity contribution in [2.75, 3.05) is 26.7 Å². The first-order chi connectivity index (χ1) is 8.09. The lowest BCUT2D eigenvalue weighted by Crippen LogP contribution is -2.41. The molecule has 1 rings (SSSR count). The zero-order chi connectivity index (χ0) is 12.7. The summed E-state index contributed by atoms with van der Waals surface area (Å²) in [6.45, 7) is 6.55. The Kier molecular flexibility index (Phi) is 6.52. The topological polar surface area (TPSA) is 44.4 Å². The van der Waals surface area contributed by atoms with Crippen LogP contribution in [-0.2, 0) is 4.79 Å². The molecule has 1 saturated heterocycles. The van der Waals surface area contributed by atoms with E-state index in [0.717, 1.165) is 13.0 Å². The molecule has 4 nitrogen and oxygen atoms in total. The van der Waals surface area contributed by atoms with Crippen molar-refractivity contribution >= 4 is 5.91 Å². The Morgan fingerprint density at radius 2 is 2.18 bits per heavy atom. The quantitative estimate of drug-likeness (QED) is 0.681. The van der Waals surface area contributed by atoms with Gasteiger partial charge in [0.15, 0.2) is 0 Å². The fourth-order valence-electron chi connectivity index (χ4n) is 2.35. The predicted molar refractivity (Wildman–Crippen MR) is 71.0 cm³/mol. The number of piperidine rings is 1. The molecule has 100 valence electrons. The first-order valence-corrected chi connectivity index (χ1v) is 6.80. The van der Waals surface area contributed by atoms with Crippen LogP contribution in [0.15, 0.2) is 0 Å². The molecule has 0 saturated carbocycles. The van der Waals surface area contributed by atoms with Crippen LogP contribution in [0.2, 0.25) is 0 Å². The van der Waals surface area contributed by atoms with Gasteiger partial charge < -0.3 is 15.5 Å². The van der Waals surface area contributed by atoms with Gasteiger partial charge in [-0.1, -0.05) is 6.42 Å². The SMILES string of the molecule is CC(C)NC(=O)CNCCC1CCCCN1C. The molecule has 1 aliphatic rings. The summed E-state index contributed by atoms with van der Waals surface area (Å²) in [5.74, 6) is 0.0944. The third-order valence-electron chi connectivity index (χ3n) is 3.31. The second-order valence-electron chi connectivity index (χ2n) is 5.32. The average Bonchev–Trinajstić information content (AvgIpc) is 2.25. The number of hydrogen-bond acceptors (Lipinski definition) is 3. The molecule has 1 unspecified atom stereocenters. The fraction of sp³-hybridized carbons (Fsp3) is 0.923. The van der Waals surface area contributed by atoms with Gasteiger partial charge in [0.05, 0.1) is 6.54 Å². The van der Waals surface area contributed by atoms with Gasteiger partial charge in [-0.25, -0.2) is 0 Å². The Balaban J connectivity index is 2.05. The Hall–Kier alpha value is -0.610. The molecule has 1 atom stereocenters. The summed E-state index contributed by atoms with van der Waals surface area (Å²) in [6.07, 6.45) is 5.13. The van der Waals surface area contributed by atoms with Gasteiger partial charge in [-0.05, 0) is 53.2 Å². The average molecular weight is 241 g/mol. The molecule has 1 amide bonds. The first kappa shape index (κ1) is 14.5. The molecule has 1 aliphatic heterocycles. The van der Waals surface area contributed by atoms with E-state index in [-0.39, 0.29) is 11.9 Å². The molecular formula is C13H27N3O. The maximum Gasteiger partial charge on any atom is 0.234 e. The Bertz CT molecular complexity index is 231. The van der Waals surface area contributed by atoms with Gasteiger partial charge in [0.25, 0.3) is 0 Å². The largest absolute Gasteiger partial charge is 0.353 e. The highest BCUT2D eigenvalue weighted by atomic mass is 16.1. The normalized spacial score (nSPS) is 21.8. The fourth-order valence-corrected chi connectivity index (χ4v) is 2.35. The van der Waals surface area contributed by atoms with Crippen molar-refractivity contribution in [3.05, 3.63) is 0 Å². The lowest BCUT2D eigenvalue weighted by molar-refractivity contribution is -0.120. The summed E-state index contributed by atoms with van der Waals surface area (Å²) >= 11 is 0. The van der Waals surface area contributed by atoms with Crippen LogP contribution in [0.5, 0.6) is 0 Å². The molecule has 4 heteroatoms. The molecule has 0 aromatic rings. The monoisotopic (exact) mass is 241 g/mol. The molecule has 0 spiro atoms. The lowest BCUT2D eigenvalue weighted by Gasteiger charge is -2.32. The minimum absolute atomic E-state index is 0.0944.